The summed E-state index contributed by atoms with van der Waals surface area (Å²) in [6, 6.07) is 10.2. The zero-order chi connectivity index (χ0) is 12.5. The summed E-state index contributed by atoms with van der Waals surface area (Å²) in [5.74, 6) is 2.08. The van der Waals surface area contributed by atoms with Crippen LogP contribution < -0.4 is 5.32 Å². The van der Waals surface area contributed by atoms with E-state index in [1.807, 2.05) is 36.0 Å². The summed E-state index contributed by atoms with van der Waals surface area (Å²) in [6.07, 6.45) is 1.92. The number of hydrogen-bond donors (Lipinski definition) is 1. The number of benzene rings is 1. The van der Waals surface area contributed by atoms with E-state index in [4.69, 9.17) is 5.26 Å². The Balaban J connectivity index is 2.38. The van der Waals surface area contributed by atoms with Crippen molar-refractivity contribution in [2.24, 2.45) is 0 Å². The number of hydrogen-bond acceptors (Lipinski definition) is 3. The molecule has 2 nitrogen and oxygen atoms in total. The Hall–Kier alpha value is -1.24. The molecule has 0 heterocycles. The molecule has 0 aliphatic carbocycles. The van der Waals surface area contributed by atoms with E-state index in [0.717, 1.165) is 29.2 Å². The largest absolute Gasteiger partial charge is 0.309 e. The van der Waals surface area contributed by atoms with Crippen molar-refractivity contribution in [2.45, 2.75) is 13.0 Å². The minimum Gasteiger partial charge on any atom is -0.309 e. The van der Waals surface area contributed by atoms with Crippen LogP contribution >= 0.6 is 11.8 Å². The van der Waals surface area contributed by atoms with Crippen LogP contribution in [0.25, 0.3) is 0 Å². The third kappa shape index (κ3) is 5.08. The van der Waals surface area contributed by atoms with Crippen LogP contribution in [0.4, 0.5) is 0 Å². The average molecular weight is 246 g/mol. The fourth-order valence-corrected chi connectivity index (χ4v) is 2.11. The van der Waals surface area contributed by atoms with Gasteiger partial charge in [-0.1, -0.05) is 18.2 Å². The molecule has 1 aromatic rings. The van der Waals surface area contributed by atoms with Gasteiger partial charge in [-0.25, -0.2) is 0 Å². The summed E-state index contributed by atoms with van der Waals surface area (Å²) in [4.78, 5) is 0. The molecule has 0 aromatic heterocycles. The van der Waals surface area contributed by atoms with Crippen LogP contribution in [0, 0.1) is 11.3 Å². The molecule has 1 unspecified atom stereocenters. The molecule has 17 heavy (non-hydrogen) atoms. The summed E-state index contributed by atoms with van der Waals surface area (Å²) >= 11 is 1.87. The molecule has 3 heteroatoms. The molecule has 0 bridgehead atoms. The molecular weight excluding hydrogens is 228 g/mol. The van der Waals surface area contributed by atoms with Crippen molar-refractivity contribution in [2.75, 3.05) is 18.1 Å². The van der Waals surface area contributed by atoms with Gasteiger partial charge in [0.05, 0.1) is 11.6 Å². The summed E-state index contributed by atoms with van der Waals surface area (Å²) < 4.78 is 0. The second kappa shape index (κ2) is 7.94. The van der Waals surface area contributed by atoms with Crippen molar-refractivity contribution in [3.63, 3.8) is 0 Å². The van der Waals surface area contributed by atoms with E-state index in [-0.39, 0.29) is 6.04 Å². The topological polar surface area (TPSA) is 35.8 Å². The first-order valence-corrected chi connectivity index (χ1v) is 6.85. The molecule has 90 valence electrons. The third-order valence-corrected chi connectivity index (χ3v) is 3.41. The Morgan fingerprint density at radius 1 is 1.59 bits per heavy atom. The van der Waals surface area contributed by atoms with Crippen molar-refractivity contribution in [3.05, 3.63) is 48.0 Å². The van der Waals surface area contributed by atoms with Gasteiger partial charge in [0, 0.05) is 24.1 Å². The highest BCUT2D eigenvalue weighted by molar-refractivity contribution is 7.99. The van der Waals surface area contributed by atoms with Gasteiger partial charge in [-0.05, 0) is 24.6 Å². The van der Waals surface area contributed by atoms with Crippen molar-refractivity contribution in [1.29, 1.82) is 5.26 Å². The first-order chi connectivity index (χ1) is 8.27. The van der Waals surface area contributed by atoms with Gasteiger partial charge in [-0.3, -0.25) is 0 Å². The fourth-order valence-electron chi connectivity index (χ4n) is 1.51. The minimum atomic E-state index is 0.285. The zero-order valence-electron chi connectivity index (χ0n) is 10.1. The molecule has 0 fully saturated rings. The third-order valence-electron chi connectivity index (χ3n) is 2.45. The monoisotopic (exact) mass is 246 g/mol. The van der Waals surface area contributed by atoms with Crippen LogP contribution in [0.5, 0.6) is 0 Å². The molecular formula is C14H18N2S. The van der Waals surface area contributed by atoms with E-state index >= 15 is 0 Å². The van der Waals surface area contributed by atoms with E-state index in [0.29, 0.717) is 0 Å². The number of rotatable bonds is 7. The summed E-state index contributed by atoms with van der Waals surface area (Å²) in [7, 11) is 0. The maximum atomic E-state index is 8.83. The van der Waals surface area contributed by atoms with Crippen LogP contribution in [0.2, 0.25) is 0 Å². The molecule has 0 aliphatic heterocycles. The van der Waals surface area contributed by atoms with Gasteiger partial charge in [0.2, 0.25) is 0 Å². The van der Waals surface area contributed by atoms with E-state index in [1.165, 1.54) is 0 Å². The van der Waals surface area contributed by atoms with Crippen LogP contribution in [0.1, 0.15) is 24.1 Å². The highest BCUT2D eigenvalue weighted by atomic mass is 32.2. The minimum absolute atomic E-state index is 0.285. The molecule has 0 spiro atoms. The van der Waals surface area contributed by atoms with Gasteiger partial charge >= 0.3 is 0 Å². The molecule has 0 amide bonds. The molecule has 1 rings (SSSR count). The van der Waals surface area contributed by atoms with Crippen LogP contribution in [-0.2, 0) is 0 Å². The van der Waals surface area contributed by atoms with Gasteiger partial charge in [0.1, 0.15) is 0 Å². The second-order valence-corrected chi connectivity index (χ2v) is 4.93. The molecule has 1 N–H and O–H groups in total. The van der Waals surface area contributed by atoms with E-state index in [1.54, 1.807) is 0 Å². The first kappa shape index (κ1) is 13.8. The van der Waals surface area contributed by atoms with Gasteiger partial charge in [0.25, 0.3) is 0 Å². The Labute approximate surface area is 108 Å². The molecule has 0 aliphatic rings. The number of nitrogens with zero attached hydrogens (tertiary/aromatic N) is 1. The van der Waals surface area contributed by atoms with E-state index in [9.17, 15) is 0 Å². The Morgan fingerprint density at radius 3 is 3.12 bits per heavy atom. The van der Waals surface area contributed by atoms with Crippen LogP contribution in [-0.4, -0.2) is 18.1 Å². The van der Waals surface area contributed by atoms with Crippen molar-refractivity contribution in [1.82, 2.24) is 5.32 Å². The van der Waals surface area contributed by atoms with Crippen molar-refractivity contribution in [3.8, 4) is 6.07 Å². The molecule has 1 atom stereocenters. The summed E-state index contributed by atoms with van der Waals surface area (Å²) in [5, 5.41) is 12.3. The maximum Gasteiger partial charge on any atom is 0.0991 e. The average Bonchev–Trinajstić information content (AvgIpc) is 2.38. The van der Waals surface area contributed by atoms with Gasteiger partial charge in [0.15, 0.2) is 0 Å². The zero-order valence-corrected chi connectivity index (χ0v) is 11.0. The lowest BCUT2D eigenvalue weighted by molar-refractivity contribution is 0.601. The summed E-state index contributed by atoms with van der Waals surface area (Å²) in [6.45, 7) is 6.78. The number of thioether (sulfide) groups is 1. The predicted molar refractivity (Wildman–Crippen MR) is 75.1 cm³/mol. The standard InChI is InChI=1S/C14H18N2S/c1-3-8-17-9-7-16-12(2)14-6-4-5-13(10-14)11-15/h3-6,10,12,16H,1,7-9H2,2H3. The van der Waals surface area contributed by atoms with Gasteiger partial charge in [-0.15, -0.1) is 6.58 Å². The lowest BCUT2D eigenvalue weighted by Crippen LogP contribution is -2.21. The van der Waals surface area contributed by atoms with Crippen molar-refractivity contribution < 1.29 is 0 Å². The van der Waals surface area contributed by atoms with Gasteiger partial charge < -0.3 is 5.32 Å². The smallest absolute Gasteiger partial charge is 0.0991 e. The van der Waals surface area contributed by atoms with Gasteiger partial charge in [-0.2, -0.15) is 17.0 Å². The highest BCUT2D eigenvalue weighted by Crippen LogP contribution is 2.13. The van der Waals surface area contributed by atoms with E-state index < -0.39 is 0 Å². The van der Waals surface area contributed by atoms with Crippen LogP contribution in [0.15, 0.2) is 36.9 Å². The Kier molecular flexibility index (Phi) is 6.46. The lowest BCUT2D eigenvalue weighted by atomic mass is 10.1. The molecule has 1 aromatic carbocycles. The predicted octanol–water partition coefficient (Wildman–Crippen LogP) is 3.13. The normalized spacial score (nSPS) is 11.8. The lowest BCUT2D eigenvalue weighted by Gasteiger charge is -2.14. The fraction of sp³-hybridized carbons (Fsp3) is 0.357. The SMILES string of the molecule is C=CCSCCNC(C)c1cccc(C#N)c1. The Morgan fingerprint density at radius 2 is 2.41 bits per heavy atom. The highest BCUT2D eigenvalue weighted by Gasteiger charge is 2.04. The Bertz CT molecular complexity index is 395. The quantitative estimate of drug-likeness (QED) is 0.593. The van der Waals surface area contributed by atoms with Crippen molar-refractivity contribution >= 4 is 11.8 Å². The summed E-state index contributed by atoms with van der Waals surface area (Å²) in [5.41, 5.74) is 1.88. The van der Waals surface area contributed by atoms with Crippen LogP contribution in [0.3, 0.4) is 0 Å². The molecule has 0 radical (unpaired) electrons. The maximum absolute atomic E-state index is 8.83. The molecule has 0 saturated carbocycles. The second-order valence-electron chi connectivity index (χ2n) is 3.78. The van der Waals surface area contributed by atoms with E-state index in [2.05, 4.69) is 31.0 Å². The number of nitriles is 1. The number of nitrogens with one attached hydrogen (secondary N) is 1. The first-order valence-electron chi connectivity index (χ1n) is 5.70. The molecule has 0 saturated heterocycles.